The third-order valence-corrected chi connectivity index (χ3v) is 5.38. The SMILES string of the molecule is CN=C(NCc1ccccc1Cn1cccn1)NC1CC1c1ccccc1C. The third-order valence-electron chi connectivity index (χ3n) is 5.38. The molecule has 4 rings (SSSR count). The van der Waals surface area contributed by atoms with Gasteiger partial charge >= 0.3 is 0 Å². The molecule has 2 atom stereocenters. The van der Waals surface area contributed by atoms with E-state index in [9.17, 15) is 0 Å². The van der Waals surface area contributed by atoms with Gasteiger partial charge in [-0.25, -0.2) is 0 Å². The molecule has 0 aliphatic heterocycles. The van der Waals surface area contributed by atoms with Gasteiger partial charge in [0, 0.05) is 37.9 Å². The number of aliphatic imine (C=N–C) groups is 1. The summed E-state index contributed by atoms with van der Waals surface area (Å²) in [6, 6.07) is 19.5. The maximum atomic E-state index is 4.42. The number of aromatic nitrogens is 2. The molecular weight excluding hydrogens is 346 g/mol. The maximum Gasteiger partial charge on any atom is 0.191 e. The van der Waals surface area contributed by atoms with Gasteiger partial charge in [-0.15, -0.1) is 0 Å². The van der Waals surface area contributed by atoms with Crippen LogP contribution < -0.4 is 10.6 Å². The molecule has 1 aliphatic rings. The Morgan fingerprint density at radius 3 is 2.64 bits per heavy atom. The first-order valence-electron chi connectivity index (χ1n) is 9.81. The van der Waals surface area contributed by atoms with Gasteiger partial charge in [-0.3, -0.25) is 9.67 Å². The van der Waals surface area contributed by atoms with E-state index in [1.807, 2.05) is 30.2 Å². The van der Waals surface area contributed by atoms with Gasteiger partial charge in [0.2, 0.25) is 0 Å². The Morgan fingerprint density at radius 1 is 1.11 bits per heavy atom. The van der Waals surface area contributed by atoms with Crippen LogP contribution in [0.3, 0.4) is 0 Å². The fourth-order valence-corrected chi connectivity index (χ4v) is 3.70. The van der Waals surface area contributed by atoms with Gasteiger partial charge in [0.1, 0.15) is 0 Å². The smallest absolute Gasteiger partial charge is 0.191 e. The number of benzene rings is 2. The summed E-state index contributed by atoms with van der Waals surface area (Å²) in [5.74, 6) is 1.43. The van der Waals surface area contributed by atoms with Crippen LogP contribution in [0.15, 0.2) is 72.0 Å². The van der Waals surface area contributed by atoms with E-state index in [2.05, 4.69) is 76.2 Å². The first kappa shape index (κ1) is 18.3. The van der Waals surface area contributed by atoms with Crippen LogP contribution in [0.1, 0.15) is 34.6 Å². The standard InChI is InChI=1S/C23H27N5/c1-17-8-3-6-11-20(17)21-14-22(21)27-23(24-2)25-15-18-9-4-5-10-19(18)16-28-13-7-12-26-28/h3-13,21-22H,14-16H2,1-2H3,(H2,24,25,27). The Labute approximate surface area is 166 Å². The molecule has 2 unspecified atom stereocenters. The van der Waals surface area contributed by atoms with E-state index in [-0.39, 0.29) is 0 Å². The Balaban J connectivity index is 1.35. The van der Waals surface area contributed by atoms with Gasteiger partial charge in [-0.2, -0.15) is 5.10 Å². The van der Waals surface area contributed by atoms with Gasteiger partial charge in [0.15, 0.2) is 5.96 Å². The highest BCUT2D eigenvalue weighted by atomic mass is 15.3. The summed E-state index contributed by atoms with van der Waals surface area (Å²) in [6.07, 6.45) is 4.96. The van der Waals surface area contributed by atoms with Crippen molar-refractivity contribution in [3.05, 3.63) is 89.2 Å². The second-order valence-corrected chi connectivity index (χ2v) is 7.35. The number of hydrogen-bond donors (Lipinski definition) is 2. The first-order chi connectivity index (χ1) is 13.7. The zero-order chi connectivity index (χ0) is 19.3. The summed E-state index contributed by atoms with van der Waals surface area (Å²) in [6.45, 7) is 3.70. The molecular formula is C23H27N5. The molecule has 0 radical (unpaired) electrons. The second kappa shape index (κ2) is 8.30. The lowest BCUT2D eigenvalue weighted by molar-refractivity contribution is 0.677. The normalized spacial score (nSPS) is 18.7. The van der Waals surface area contributed by atoms with Crippen LogP contribution in [-0.2, 0) is 13.1 Å². The van der Waals surface area contributed by atoms with Crippen molar-refractivity contribution in [3.63, 3.8) is 0 Å². The quantitative estimate of drug-likeness (QED) is 0.514. The van der Waals surface area contributed by atoms with E-state index in [0.717, 1.165) is 25.5 Å². The molecule has 0 saturated heterocycles. The van der Waals surface area contributed by atoms with Crippen LogP contribution in [0.25, 0.3) is 0 Å². The zero-order valence-electron chi connectivity index (χ0n) is 16.5. The minimum atomic E-state index is 0.451. The summed E-state index contributed by atoms with van der Waals surface area (Å²) in [5, 5.41) is 11.4. The molecule has 5 heteroatoms. The van der Waals surface area contributed by atoms with Crippen LogP contribution in [0.2, 0.25) is 0 Å². The van der Waals surface area contributed by atoms with E-state index < -0.39 is 0 Å². The van der Waals surface area contributed by atoms with Crippen molar-refractivity contribution in [2.75, 3.05) is 7.05 Å². The number of aryl methyl sites for hydroxylation is 1. The van der Waals surface area contributed by atoms with Crippen LogP contribution in [-0.4, -0.2) is 28.8 Å². The van der Waals surface area contributed by atoms with E-state index in [1.54, 1.807) is 0 Å². The molecule has 0 bridgehead atoms. The molecule has 0 amide bonds. The van der Waals surface area contributed by atoms with E-state index in [1.165, 1.54) is 22.3 Å². The second-order valence-electron chi connectivity index (χ2n) is 7.35. The number of rotatable bonds is 6. The highest BCUT2D eigenvalue weighted by Gasteiger charge is 2.39. The molecule has 1 aliphatic carbocycles. The highest BCUT2D eigenvalue weighted by molar-refractivity contribution is 5.80. The summed E-state index contributed by atoms with van der Waals surface area (Å²) in [5.41, 5.74) is 5.33. The molecule has 3 aromatic rings. The fraction of sp³-hybridized carbons (Fsp3) is 0.304. The number of hydrogen-bond acceptors (Lipinski definition) is 2. The minimum Gasteiger partial charge on any atom is -0.353 e. The Morgan fingerprint density at radius 2 is 1.89 bits per heavy atom. The van der Waals surface area contributed by atoms with Crippen molar-refractivity contribution in [1.82, 2.24) is 20.4 Å². The average Bonchev–Trinajstić information content (AvgIpc) is 3.28. The molecule has 2 aromatic carbocycles. The molecule has 1 aromatic heterocycles. The predicted molar refractivity (Wildman–Crippen MR) is 113 cm³/mol. The fourth-order valence-electron chi connectivity index (χ4n) is 3.70. The zero-order valence-corrected chi connectivity index (χ0v) is 16.5. The predicted octanol–water partition coefficient (Wildman–Crippen LogP) is 3.46. The summed E-state index contributed by atoms with van der Waals surface area (Å²) < 4.78 is 1.95. The third kappa shape index (κ3) is 4.25. The largest absolute Gasteiger partial charge is 0.353 e. The molecule has 1 heterocycles. The van der Waals surface area contributed by atoms with Crippen LogP contribution in [0.4, 0.5) is 0 Å². The van der Waals surface area contributed by atoms with Crippen molar-refractivity contribution in [1.29, 1.82) is 0 Å². The van der Waals surface area contributed by atoms with Crippen molar-refractivity contribution < 1.29 is 0 Å². The lowest BCUT2D eigenvalue weighted by Gasteiger charge is -2.15. The van der Waals surface area contributed by atoms with Crippen LogP contribution in [0, 0.1) is 6.92 Å². The maximum absolute atomic E-state index is 4.42. The number of nitrogens with one attached hydrogen (secondary N) is 2. The summed E-state index contributed by atoms with van der Waals surface area (Å²) in [7, 11) is 1.83. The monoisotopic (exact) mass is 373 g/mol. The number of guanidine groups is 1. The summed E-state index contributed by atoms with van der Waals surface area (Å²) >= 11 is 0. The van der Waals surface area contributed by atoms with Gasteiger partial charge in [0.25, 0.3) is 0 Å². The average molecular weight is 374 g/mol. The molecule has 1 saturated carbocycles. The lowest BCUT2D eigenvalue weighted by atomic mass is 10.0. The van der Waals surface area contributed by atoms with Gasteiger partial charge < -0.3 is 10.6 Å². The highest BCUT2D eigenvalue weighted by Crippen LogP contribution is 2.42. The summed E-state index contributed by atoms with van der Waals surface area (Å²) in [4.78, 5) is 4.42. The van der Waals surface area contributed by atoms with Crippen molar-refractivity contribution in [2.45, 2.75) is 38.4 Å². The van der Waals surface area contributed by atoms with Gasteiger partial charge in [-0.05, 0) is 41.7 Å². The van der Waals surface area contributed by atoms with Crippen LogP contribution >= 0.6 is 0 Å². The Bertz CT molecular complexity index is 945. The molecule has 28 heavy (non-hydrogen) atoms. The van der Waals surface area contributed by atoms with E-state index >= 15 is 0 Å². The van der Waals surface area contributed by atoms with Gasteiger partial charge in [0.05, 0.1) is 6.54 Å². The molecule has 144 valence electrons. The molecule has 5 nitrogen and oxygen atoms in total. The Hall–Kier alpha value is -3.08. The molecule has 0 spiro atoms. The lowest BCUT2D eigenvalue weighted by Crippen LogP contribution is -2.38. The molecule has 1 fully saturated rings. The number of nitrogens with zero attached hydrogens (tertiary/aromatic N) is 3. The first-order valence-corrected chi connectivity index (χ1v) is 9.81. The minimum absolute atomic E-state index is 0.451. The Kier molecular flexibility index (Phi) is 5.42. The van der Waals surface area contributed by atoms with Gasteiger partial charge in [-0.1, -0.05) is 48.5 Å². The topological polar surface area (TPSA) is 54.2 Å². The van der Waals surface area contributed by atoms with Crippen molar-refractivity contribution >= 4 is 5.96 Å². The van der Waals surface area contributed by atoms with Crippen molar-refractivity contribution in [2.24, 2.45) is 4.99 Å². The van der Waals surface area contributed by atoms with E-state index in [0.29, 0.717) is 12.0 Å². The molecule has 2 N–H and O–H groups in total. The van der Waals surface area contributed by atoms with E-state index in [4.69, 9.17) is 0 Å². The van der Waals surface area contributed by atoms with Crippen LogP contribution in [0.5, 0.6) is 0 Å². The van der Waals surface area contributed by atoms with Crippen molar-refractivity contribution in [3.8, 4) is 0 Å².